The summed E-state index contributed by atoms with van der Waals surface area (Å²) in [6.07, 6.45) is 1.33. The van der Waals surface area contributed by atoms with Gasteiger partial charge in [-0.15, -0.1) is 6.58 Å². The van der Waals surface area contributed by atoms with Gasteiger partial charge >= 0.3 is 0 Å². The van der Waals surface area contributed by atoms with E-state index in [-0.39, 0.29) is 11.7 Å². The van der Waals surface area contributed by atoms with Crippen LogP contribution in [0.3, 0.4) is 0 Å². The molecule has 6 heteroatoms. The van der Waals surface area contributed by atoms with Crippen LogP contribution in [0.1, 0.15) is 13.8 Å². The zero-order chi connectivity index (χ0) is 13.8. The number of nitrogens with zero attached hydrogens (tertiary/aromatic N) is 2. The maximum absolute atomic E-state index is 12.1. The molecule has 1 heterocycles. The van der Waals surface area contributed by atoms with Crippen LogP contribution in [0.15, 0.2) is 12.7 Å². The van der Waals surface area contributed by atoms with Crippen LogP contribution in [0, 0.1) is 0 Å². The lowest BCUT2D eigenvalue weighted by Crippen LogP contribution is -2.52. The van der Waals surface area contributed by atoms with E-state index in [2.05, 4.69) is 18.4 Å². The first-order valence-corrected chi connectivity index (χ1v) is 7.97. The van der Waals surface area contributed by atoms with Crippen LogP contribution < -0.4 is 0 Å². The maximum atomic E-state index is 12.1. The number of hydrogen-bond acceptors (Lipinski definition) is 4. The number of carbonyl (C=O) groups is 1. The Morgan fingerprint density at radius 2 is 1.89 bits per heavy atom. The summed E-state index contributed by atoms with van der Waals surface area (Å²) in [5, 5.41) is -0.969. The van der Waals surface area contributed by atoms with Crippen LogP contribution in [0.4, 0.5) is 0 Å². The highest BCUT2D eigenvalue weighted by Gasteiger charge is 2.31. The van der Waals surface area contributed by atoms with Crippen molar-refractivity contribution in [2.45, 2.75) is 19.1 Å². The minimum atomic E-state index is -3.40. The van der Waals surface area contributed by atoms with Gasteiger partial charge in [-0.2, -0.15) is 0 Å². The first-order chi connectivity index (χ1) is 8.42. The topological polar surface area (TPSA) is 57.7 Å². The molecule has 18 heavy (non-hydrogen) atoms. The van der Waals surface area contributed by atoms with Crippen molar-refractivity contribution in [2.75, 3.05) is 38.5 Å². The molecular weight excluding hydrogens is 252 g/mol. The average molecular weight is 274 g/mol. The summed E-state index contributed by atoms with van der Waals surface area (Å²) < 4.78 is 23.6. The van der Waals surface area contributed by atoms with Crippen molar-refractivity contribution in [3.05, 3.63) is 12.7 Å². The molecule has 1 unspecified atom stereocenters. The smallest absolute Gasteiger partial charge is 0.240 e. The lowest BCUT2D eigenvalue weighted by molar-refractivity contribution is -0.132. The fraction of sp³-hybridized carbons (Fsp3) is 0.750. The standard InChI is InChI=1S/C12H22N2O3S/c1-4-10-18(16,17)11(3)12(15)14-8-6-13(5-2)7-9-14/h4,11H,1,5-10H2,2-3H3. The van der Waals surface area contributed by atoms with Crippen LogP contribution in [0.2, 0.25) is 0 Å². The van der Waals surface area contributed by atoms with E-state index in [4.69, 9.17) is 0 Å². The Bertz CT molecular complexity index is 398. The largest absolute Gasteiger partial charge is 0.339 e. The number of sulfone groups is 1. The minimum absolute atomic E-state index is 0.144. The van der Waals surface area contributed by atoms with Crippen molar-refractivity contribution in [1.29, 1.82) is 0 Å². The van der Waals surface area contributed by atoms with E-state index in [1.807, 2.05) is 0 Å². The molecule has 1 rings (SSSR count). The highest BCUT2D eigenvalue weighted by atomic mass is 32.2. The monoisotopic (exact) mass is 274 g/mol. The van der Waals surface area contributed by atoms with Gasteiger partial charge in [-0.25, -0.2) is 8.42 Å². The van der Waals surface area contributed by atoms with Crippen molar-refractivity contribution >= 4 is 15.7 Å². The molecule has 1 atom stereocenters. The van der Waals surface area contributed by atoms with Gasteiger partial charge in [0.1, 0.15) is 5.25 Å². The zero-order valence-corrected chi connectivity index (χ0v) is 11.9. The van der Waals surface area contributed by atoms with E-state index < -0.39 is 15.1 Å². The summed E-state index contributed by atoms with van der Waals surface area (Å²) in [7, 11) is -3.40. The predicted octanol–water partition coefficient (Wildman–Crippen LogP) is 0.140. The van der Waals surface area contributed by atoms with Crippen LogP contribution in [-0.2, 0) is 14.6 Å². The zero-order valence-electron chi connectivity index (χ0n) is 11.1. The number of amides is 1. The molecule has 0 aromatic rings. The second kappa shape index (κ2) is 6.33. The van der Waals surface area contributed by atoms with Gasteiger partial charge in [-0.05, 0) is 13.5 Å². The van der Waals surface area contributed by atoms with Gasteiger partial charge < -0.3 is 9.80 Å². The molecule has 1 aliphatic heterocycles. The Morgan fingerprint density at radius 1 is 1.33 bits per heavy atom. The Morgan fingerprint density at radius 3 is 2.33 bits per heavy atom. The summed E-state index contributed by atoms with van der Waals surface area (Å²) in [5.74, 6) is -0.429. The molecule has 0 aliphatic carbocycles. The summed E-state index contributed by atoms with van der Waals surface area (Å²) in [6, 6.07) is 0. The van der Waals surface area contributed by atoms with E-state index in [0.717, 1.165) is 19.6 Å². The lowest BCUT2D eigenvalue weighted by Gasteiger charge is -2.35. The lowest BCUT2D eigenvalue weighted by atomic mass is 10.3. The fourth-order valence-electron chi connectivity index (χ4n) is 2.00. The van der Waals surface area contributed by atoms with E-state index in [9.17, 15) is 13.2 Å². The van der Waals surface area contributed by atoms with Gasteiger partial charge in [0.2, 0.25) is 5.91 Å². The Hall–Kier alpha value is -0.880. The second-order valence-electron chi connectivity index (χ2n) is 4.52. The van der Waals surface area contributed by atoms with Crippen LogP contribution >= 0.6 is 0 Å². The molecule has 0 aromatic carbocycles. The van der Waals surface area contributed by atoms with Crippen molar-refractivity contribution in [3.8, 4) is 0 Å². The second-order valence-corrected chi connectivity index (χ2v) is 6.89. The maximum Gasteiger partial charge on any atom is 0.240 e. The normalized spacial score (nSPS) is 19.6. The van der Waals surface area contributed by atoms with Gasteiger partial charge in [0.25, 0.3) is 0 Å². The van der Waals surface area contributed by atoms with Crippen molar-refractivity contribution in [2.24, 2.45) is 0 Å². The Balaban J connectivity index is 2.63. The van der Waals surface area contributed by atoms with E-state index in [1.54, 1.807) is 4.90 Å². The summed E-state index contributed by atoms with van der Waals surface area (Å²) >= 11 is 0. The third kappa shape index (κ3) is 3.55. The number of hydrogen-bond donors (Lipinski definition) is 0. The molecule has 1 fully saturated rings. The molecule has 104 valence electrons. The van der Waals surface area contributed by atoms with Crippen molar-refractivity contribution in [1.82, 2.24) is 9.80 Å². The predicted molar refractivity (Wildman–Crippen MR) is 72.1 cm³/mol. The van der Waals surface area contributed by atoms with Gasteiger partial charge in [0.15, 0.2) is 9.84 Å². The van der Waals surface area contributed by atoms with E-state index in [0.29, 0.717) is 13.1 Å². The van der Waals surface area contributed by atoms with E-state index in [1.165, 1.54) is 13.0 Å². The molecule has 0 N–H and O–H groups in total. The highest BCUT2D eigenvalue weighted by molar-refractivity contribution is 7.92. The molecule has 1 saturated heterocycles. The first-order valence-electron chi connectivity index (χ1n) is 6.26. The third-order valence-corrected chi connectivity index (χ3v) is 5.35. The molecule has 1 aliphatic rings. The molecular formula is C12H22N2O3S. The van der Waals surface area contributed by atoms with Crippen molar-refractivity contribution < 1.29 is 13.2 Å². The van der Waals surface area contributed by atoms with Gasteiger partial charge in [0.05, 0.1) is 5.75 Å². The molecule has 0 radical (unpaired) electrons. The Labute approximate surface area is 109 Å². The Kier molecular flexibility index (Phi) is 5.34. The SMILES string of the molecule is C=CCS(=O)(=O)C(C)C(=O)N1CCN(CC)CC1. The molecule has 0 saturated carbocycles. The summed E-state index contributed by atoms with van der Waals surface area (Å²) in [5.41, 5.74) is 0. The van der Waals surface area contributed by atoms with E-state index >= 15 is 0 Å². The number of carbonyl (C=O) groups excluding carboxylic acids is 1. The number of rotatable bonds is 5. The molecule has 0 aromatic heterocycles. The molecule has 0 spiro atoms. The van der Waals surface area contributed by atoms with Gasteiger partial charge in [-0.1, -0.05) is 13.0 Å². The first kappa shape index (κ1) is 15.2. The average Bonchev–Trinajstić information content (AvgIpc) is 2.37. The third-order valence-electron chi connectivity index (χ3n) is 3.37. The number of likely N-dealkylation sites (N-methyl/N-ethyl adjacent to an activating group) is 1. The summed E-state index contributed by atoms with van der Waals surface area (Å²) in [6.45, 7) is 10.8. The molecule has 0 bridgehead atoms. The quantitative estimate of drug-likeness (QED) is 0.669. The van der Waals surface area contributed by atoms with Gasteiger partial charge in [0, 0.05) is 26.2 Å². The van der Waals surface area contributed by atoms with Crippen LogP contribution in [0.25, 0.3) is 0 Å². The minimum Gasteiger partial charge on any atom is -0.339 e. The fourth-order valence-corrected chi connectivity index (χ4v) is 3.08. The molecule has 1 amide bonds. The van der Waals surface area contributed by atoms with Gasteiger partial charge in [-0.3, -0.25) is 4.79 Å². The van der Waals surface area contributed by atoms with Crippen LogP contribution in [0.5, 0.6) is 0 Å². The highest BCUT2D eigenvalue weighted by Crippen LogP contribution is 2.10. The summed E-state index contributed by atoms with van der Waals surface area (Å²) in [4.78, 5) is 16.0. The van der Waals surface area contributed by atoms with Crippen molar-refractivity contribution in [3.63, 3.8) is 0 Å². The van der Waals surface area contributed by atoms with Crippen LogP contribution in [-0.4, -0.2) is 67.9 Å². The number of piperazine rings is 1. The molecule has 5 nitrogen and oxygen atoms in total.